The van der Waals surface area contributed by atoms with Gasteiger partial charge in [-0.05, 0) is 49.1 Å². The molecule has 0 bridgehead atoms. The summed E-state index contributed by atoms with van der Waals surface area (Å²) in [5.41, 5.74) is 2.23. The summed E-state index contributed by atoms with van der Waals surface area (Å²) in [7, 11) is 0. The van der Waals surface area contributed by atoms with Crippen LogP contribution in [-0.4, -0.2) is 39.6 Å². The van der Waals surface area contributed by atoms with E-state index in [2.05, 4.69) is 10.4 Å². The van der Waals surface area contributed by atoms with Gasteiger partial charge in [0.2, 0.25) is 5.91 Å². The summed E-state index contributed by atoms with van der Waals surface area (Å²) < 4.78 is 15.2. The fourth-order valence-electron chi connectivity index (χ4n) is 4.01. The minimum atomic E-state index is -0.331. The van der Waals surface area contributed by atoms with Crippen molar-refractivity contribution in [3.8, 4) is 0 Å². The maximum Gasteiger partial charge on any atom is 0.257 e. The molecule has 0 atom stereocenters. The topological polar surface area (TPSA) is 67.2 Å². The van der Waals surface area contributed by atoms with E-state index in [1.54, 1.807) is 30.5 Å². The Bertz CT molecular complexity index is 1090. The molecule has 1 N–H and O–H groups in total. The van der Waals surface area contributed by atoms with E-state index in [1.165, 1.54) is 12.1 Å². The number of nitrogens with zero attached hydrogens (tertiary/aromatic N) is 3. The molecule has 0 unspecified atom stereocenters. The van der Waals surface area contributed by atoms with Crippen molar-refractivity contribution in [2.45, 2.75) is 32.2 Å². The number of carbonyl (C=O) groups excluding carboxylic acids is 2. The summed E-state index contributed by atoms with van der Waals surface area (Å²) >= 11 is 0. The second-order valence-corrected chi connectivity index (χ2v) is 7.85. The first-order chi connectivity index (χ1) is 15.0. The van der Waals surface area contributed by atoms with Gasteiger partial charge in [-0.2, -0.15) is 5.10 Å². The van der Waals surface area contributed by atoms with Gasteiger partial charge in [-0.25, -0.2) is 9.07 Å². The van der Waals surface area contributed by atoms with E-state index in [4.69, 9.17) is 0 Å². The fourth-order valence-corrected chi connectivity index (χ4v) is 4.01. The van der Waals surface area contributed by atoms with Crippen molar-refractivity contribution >= 4 is 17.6 Å². The Morgan fingerprint density at radius 1 is 1.10 bits per heavy atom. The van der Waals surface area contributed by atoms with Crippen LogP contribution >= 0.6 is 0 Å². The Morgan fingerprint density at radius 3 is 2.61 bits per heavy atom. The summed E-state index contributed by atoms with van der Waals surface area (Å²) in [5, 5.41) is 7.38. The number of anilines is 1. The largest absolute Gasteiger partial charge is 0.342 e. The van der Waals surface area contributed by atoms with Crippen LogP contribution in [0.15, 0.2) is 60.8 Å². The Hall–Kier alpha value is -3.48. The predicted octanol–water partition coefficient (Wildman–Crippen LogP) is 3.99. The number of piperidine rings is 1. The molecule has 2 aromatic carbocycles. The smallest absolute Gasteiger partial charge is 0.257 e. The van der Waals surface area contributed by atoms with Gasteiger partial charge < -0.3 is 10.2 Å². The number of hydrogen-bond acceptors (Lipinski definition) is 3. The van der Waals surface area contributed by atoms with Crippen LogP contribution in [0.25, 0.3) is 0 Å². The number of aryl methyl sites for hydroxylation is 1. The van der Waals surface area contributed by atoms with Gasteiger partial charge in [-0.15, -0.1) is 0 Å². The van der Waals surface area contributed by atoms with Gasteiger partial charge in [-0.1, -0.05) is 30.3 Å². The molecule has 0 spiro atoms. The lowest BCUT2D eigenvalue weighted by molar-refractivity contribution is -0.131. The van der Waals surface area contributed by atoms with Crippen LogP contribution < -0.4 is 5.32 Å². The van der Waals surface area contributed by atoms with Gasteiger partial charge in [0.1, 0.15) is 11.6 Å². The zero-order chi connectivity index (χ0) is 21.8. The van der Waals surface area contributed by atoms with Crippen molar-refractivity contribution in [1.82, 2.24) is 14.7 Å². The monoisotopic (exact) mass is 420 g/mol. The van der Waals surface area contributed by atoms with E-state index in [1.807, 2.05) is 34.7 Å². The molecule has 1 aliphatic heterocycles. The van der Waals surface area contributed by atoms with Crippen molar-refractivity contribution in [3.05, 3.63) is 83.3 Å². The lowest BCUT2D eigenvalue weighted by Crippen LogP contribution is -2.40. The highest BCUT2D eigenvalue weighted by molar-refractivity contribution is 6.04. The maximum atomic E-state index is 13.4. The molecule has 1 saturated heterocycles. The van der Waals surface area contributed by atoms with Gasteiger partial charge >= 0.3 is 0 Å². The van der Waals surface area contributed by atoms with E-state index in [0.29, 0.717) is 30.0 Å². The highest BCUT2D eigenvalue weighted by Gasteiger charge is 2.26. The van der Waals surface area contributed by atoms with Crippen molar-refractivity contribution in [1.29, 1.82) is 0 Å². The van der Waals surface area contributed by atoms with Crippen molar-refractivity contribution in [2.75, 3.05) is 18.4 Å². The quantitative estimate of drug-likeness (QED) is 0.679. The Balaban J connectivity index is 1.36. The van der Waals surface area contributed by atoms with Gasteiger partial charge in [0.25, 0.3) is 5.91 Å². The number of likely N-dealkylation sites (tertiary alicyclic amines) is 1. The number of benzene rings is 2. The standard InChI is InChI=1S/C24H25FN4O2/c1-17-5-2-3-8-21(17)24(31)27-22-9-12-26-29(22)20-10-13-28(14-11-20)23(30)16-18-6-4-7-19(25)15-18/h2-9,12,15,20H,10-11,13-14,16H2,1H3,(H,27,31). The third kappa shape index (κ3) is 4.82. The Morgan fingerprint density at radius 2 is 1.87 bits per heavy atom. The van der Waals surface area contributed by atoms with Crippen LogP contribution in [0, 0.1) is 12.7 Å². The van der Waals surface area contributed by atoms with Crippen molar-refractivity contribution < 1.29 is 14.0 Å². The van der Waals surface area contributed by atoms with Crippen LogP contribution in [0.5, 0.6) is 0 Å². The maximum absolute atomic E-state index is 13.4. The molecule has 160 valence electrons. The molecule has 1 aromatic heterocycles. The molecule has 7 heteroatoms. The lowest BCUT2D eigenvalue weighted by Gasteiger charge is -2.33. The second kappa shape index (κ2) is 9.12. The molecule has 0 saturated carbocycles. The summed E-state index contributed by atoms with van der Waals surface area (Å²) in [4.78, 5) is 27.1. The minimum Gasteiger partial charge on any atom is -0.342 e. The molecule has 2 heterocycles. The average Bonchev–Trinajstić information content (AvgIpc) is 3.22. The fraction of sp³-hybridized carbons (Fsp3) is 0.292. The molecule has 6 nitrogen and oxygen atoms in total. The molecule has 1 aliphatic rings. The van der Waals surface area contributed by atoms with E-state index in [9.17, 15) is 14.0 Å². The highest BCUT2D eigenvalue weighted by atomic mass is 19.1. The Labute approximate surface area is 180 Å². The number of halogens is 1. The molecule has 0 radical (unpaired) electrons. The van der Waals surface area contributed by atoms with Crippen LogP contribution in [0.1, 0.15) is 40.4 Å². The van der Waals surface area contributed by atoms with E-state index in [-0.39, 0.29) is 30.1 Å². The van der Waals surface area contributed by atoms with Gasteiger partial charge in [0.05, 0.1) is 18.7 Å². The number of hydrogen-bond donors (Lipinski definition) is 1. The van der Waals surface area contributed by atoms with Crippen molar-refractivity contribution in [2.24, 2.45) is 0 Å². The zero-order valence-electron chi connectivity index (χ0n) is 17.4. The van der Waals surface area contributed by atoms with E-state index < -0.39 is 0 Å². The minimum absolute atomic E-state index is 0.00223. The average molecular weight is 420 g/mol. The third-order valence-electron chi connectivity index (χ3n) is 5.71. The lowest BCUT2D eigenvalue weighted by atomic mass is 10.0. The van der Waals surface area contributed by atoms with E-state index >= 15 is 0 Å². The van der Waals surface area contributed by atoms with Crippen LogP contribution in [0.2, 0.25) is 0 Å². The number of rotatable bonds is 5. The molecular weight excluding hydrogens is 395 g/mol. The number of nitrogens with one attached hydrogen (secondary N) is 1. The first kappa shape index (κ1) is 20.8. The molecule has 0 aliphatic carbocycles. The SMILES string of the molecule is Cc1ccccc1C(=O)Nc1ccnn1C1CCN(C(=O)Cc2cccc(F)c2)CC1. The summed E-state index contributed by atoms with van der Waals surface area (Å²) in [5.74, 6) is 0.154. The summed E-state index contributed by atoms with van der Waals surface area (Å²) in [6.45, 7) is 3.11. The van der Waals surface area contributed by atoms with Crippen molar-refractivity contribution in [3.63, 3.8) is 0 Å². The van der Waals surface area contributed by atoms with Crippen LogP contribution in [0.4, 0.5) is 10.2 Å². The predicted molar refractivity (Wildman–Crippen MR) is 116 cm³/mol. The molecular formula is C24H25FN4O2. The first-order valence-electron chi connectivity index (χ1n) is 10.4. The number of carbonyl (C=O) groups is 2. The van der Waals surface area contributed by atoms with E-state index in [0.717, 1.165) is 18.4 Å². The zero-order valence-corrected chi connectivity index (χ0v) is 17.4. The van der Waals surface area contributed by atoms with Gasteiger partial charge in [0, 0.05) is 24.7 Å². The Kier molecular flexibility index (Phi) is 6.11. The number of amides is 2. The van der Waals surface area contributed by atoms with Crippen LogP contribution in [-0.2, 0) is 11.2 Å². The number of aromatic nitrogens is 2. The van der Waals surface area contributed by atoms with Gasteiger partial charge in [-0.3, -0.25) is 9.59 Å². The first-order valence-corrected chi connectivity index (χ1v) is 10.4. The summed E-state index contributed by atoms with van der Waals surface area (Å²) in [6.07, 6.45) is 3.35. The molecule has 4 rings (SSSR count). The highest BCUT2D eigenvalue weighted by Crippen LogP contribution is 2.26. The molecule has 2 amide bonds. The summed E-state index contributed by atoms with van der Waals surface area (Å²) in [6, 6.07) is 15.5. The van der Waals surface area contributed by atoms with Crippen LogP contribution in [0.3, 0.4) is 0 Å². The van der Waals surface area contributed by atoms with Gasteiger partial charge in [0.15, 0.2) is 0 Å². The third-order valence-corrected chi connectivity index (χ3v) is 5.71. The molecule has 3 aromatic rings. The normalized spacial score (nSPS) is 14.5. The molecule has 31 heavy (non-hydrogen) atoms. The second-order valence-electron chi connectivity index (χ2n) is 7.85. The molecule has 1 fully saturated rings.